The first-order valence-corrected chi connectivity index (χ1v) is 17.0. The van der Waals surface area contributed by atoms with E-state index in [4.69, 9.17) is 36.7 Å². The van der Waals surface area contributed by atoms with E-state index in [2.05, 4.69) is 37.0 Å². The summed E-state index contributed by atoms with van der Waals surface area (Å²) in [7, 11) is 0. The number of carboxylic acid groups (broad SMARTS) is 2. The van der Waals surface area contributed by atoms with Crippen LogP contribution in [0.1, 0.15) is 46.3 Å². The number of carboxylic acids is 2. The summed E-state index contributed by atoms with van der Waals surface area (Å²) >= 11 is 6.38. The van der Waals surface area contributed by atoms with Gasteiger partial charge in [0.1, 0.15) is 5.02 Å². The van der Waals surface area contributed by atoms with Crippen LogP contribution >= 0.6 is 11.6 Å². The summed E-state index contributed by atoms with van der Waals surface area (Å²) in [6.45, 7) is 1.19. The molecule has 0 atom stereocenters. The third-order valence-corrected chi connectivity index (χ3v) is 8.52. The van der Waals surface area contributed by atoms with Crippen molar-refractivity contribution in [2.45, 2.75) is 44.5 Å². The van der Waals surface area contributed by atoms with Gasteiger partial charge in [0.2, 0.25) is 11.9 Å². The van der Waals surface area contributed by atoms with Crippen LogP contribution in [0.2, 0.25) is 5.02 Å². The Hall–Kier alpha value is -6.49. The van der Waals surface area contributed by atoms with Crippen LogP contribution in [0.3, 0.4) is 0 Å². The molecule has 0 aliphatic carbocycles. The predicted molar refractivity (Wildman–Crippen MR) is 192 cm³/mol. The number of nitrogens with one attached hydrogen (secondary N) is 3. The Labute approximate surface area is 324 Å². The summed E-state index contributed by atoms with van der Waals surface area (Å²) in [5.74, 6) is -4.55. The molecule has 6 rings (SSSR count). The van der Waals surface area contributed by atoms with Gasteiger partial charge < -0.3 is 31.1 Å². The summed E-state index contributed by atoms with van der Waals surface area (Å²) in [5.41, 5.74) is 5.44. The highest BCUT2D eigenvalue weighted by molar-refractivity contribution is 6.32. The third-order valence-electron chi connectivity index (χ3n) is 8.24. The van der Waals surface area contributed by atoms with Crippen LogP contribution in [-0.4, -0.2) is 79.3 Å². The molecular weight excluding hydrogens is 790 g/mol. The van der Waals surface area contributed by atoms with Crippen molar-refractivity contribution in [3.05, 3.63) is 94.4 Å². The van der Waals surface area contributed by atoms with E-state index >= 15 is 0 Å². The first-order valence-electron chi connectivity index (χ1n) is 16.6. The Morgan fingerprint density at radius 3 is 2.11 bits per heavy atom. The van der Waals surface area contributed by atoms with Crippen molar-refractivity contribution in [2.75, 3.05) is 29.0 Å². The molecular formula is C36H31ClF6N8O6. The molecule has 5 N–H and O–H groups in total. The Morgan fingerprint density at radius 2 is 1.51 bits per heavy atom. The standard InChI is InChI=1S/C32H29ClN8O2.2C2HF3O2/c33-27-19-36-32-38-26-13-22(17-35-18-26)3-6-24-15-25(37-30(27)40-32)7-8-28(24)39-29(42)14-20-9-11-41(12-10-20)31(43)23-4-1-21(16-34)2-5-23;2*3-2(4,5)1(6)7/h1-2,4-5,7-8,13,15,17-20H,3,6,9-12,14H2,(H,39,42)(H2,36,37,38,40);2*(H,6,7). The van der Waals surface area contributed by atoms with E-state index in [-0.39, 0.29) is 17.7 Å². The molecule has 2 aromatic heterocycles. The topological polar surface area (TPSA) is 211 Å². The van der Waals surface area contributed by atoms with Crippen molar-refractivity contribution in [1.29, 1.82) is 5.26 Å². The summed E-state index contributed by atoms with van der Waals surface area (Å²) in [6.07, 6.45) is -1.78. The molecule has 0 saturated carbocycles. The molecule has 4 aromatic rings. The molecule has 2 amide bonds. The number of likely N-dealkylation sites (tertiary alicyclic amines) is 1. The second-order valence-corrected chi connectivity index (χ2v) is 12.8. The lowest BCUT2D eigenvalue weighted by Gasteiger charge is -2.32. The van der Waals surface area contributed by atoms with Gasteiger partial charge in [-0.05, 0) is 91.3 Å². The number of anilines is 5. The molecule has 300 valence electrons. The van der Waals surface area contributed by atoms with Crippen LogP contribution < -0.4 is 16.0 Å². The minimum Gasteiger partial charge on any atom is -0.475 e. The minimum absolute atomic E-state index is 0.0444. The molecule has 6 bridgehead atoms. The van der Waals surface area contributed by atoms with Crippen molar-refractivity contribution in [3.63, 3.8) is 0 Å². The quantitative estimate of drug-likeness (QED) is 0.130. The summed E-state index contributed by atoms with van der Waals surface area (Å²) in [5, 5.41) is 33.2. The van der Waals surface area contributed by atoms with Crippen molar-refractivity contribution in [1.82, 2.24) is 19.9 Å². The molecule has 4 heterocycles. The highest BCUT2D eigenvalue weighted by Gasteiger charge is 2.39. The molecule has 21 heteroatoms. The van der Waals surface area contributed by atoms with Crippen LogP contribution in [-0.2, 0) is 27.2 Å². The van der Waals surface area contributed by atoms with E-state index in [1.54, 1.807) is 36.7 Å². The van der Waals surface area contributed by atoms with Crippen LogP contribution in [0.25, 0.3) is 0 Å². The summed E-state index contributed by atoms with van der Waals surface area (Å²) in [6, 6.07) is 16.6. The van der Waals surface area contributed by atoms with Gasteiger partial charge in [0.15, 0.2) is 5.82 Å². The molecule has 0 unspecified atom stereocenters. The normalized spacial score (nSPS) is 13.8. The summed E-state index contributed by atoms with van der Waals surface area (Å²) < 4.78 is 63.5. The Balaban J connectivity index is 0.000000440. The average Bonchev–Trinajstić information content (AvgIpc) is 3.16. The zero-order chi connectivity index (χ0) is 41.9. The Morgan fingerprint density at radius 1 is 0.877 bits per heavy atom. The number of carbonyl (C=O) groups excluding carboxylic acids is 2. The maximum absolute atomic E-state index is 13.2. The molecule has 0 spiro atoms. The number of amides is 2. The molecule has 2 aliphatic heterocycles. The van der Waals surface area contributed by atoms with Crippen molar-refractivity contribution < 1.29 is 55.7 Å². The number of aromatic nitrogens is 3. The molecule has 14 nitrogen and oxygen atoms in total. The number of halogens is 7. The lowest BCUT2D eigenvalue weighted by atomic mass is 9.92. The minimum atomic E-state index is -5.08. The van der Waals surface area contributed by atoms with Crippen molar-refractivity contribution in [3.8, 4) is 6.07 Å². The number of benzene rings is 2. The van der Waals surface area contributed by atoms with Gasteiger partial charge >= 0.3 is 24.3 Å². The SMILES string of the molecule is N#Cc1ccc(C(=O)N2CCC(CC(=O)Nc3ccc4cc3CCc3cncc(c3)Nc3ncc(Cl)c(n3)N4)CC2)cc1.O=C(O)C(F)(F)F.O=C(O)C(F)(F)F. The number of nitrogens with zero attached hydrogens (tertiary/aromatic N) is 5. The van der Waals surface area contributed by atoms with E-state index in [0.29, 0.717) is 53.8 Å². The fraction of sp³-hybridized carbons (Fsp3) is 0.278. The van der Waals surface area contributed by atoms with Crippen LogP contribution in [0.4, 0.5) is 55.2 Å². The lowest BCUT2D eigenvalue weighted by Crippen LogP contribution is -2.39. The first kappa shape index (κ1) is 43.2. The monoisotopic (exact) mass is 820 g/mol. The Bertz CT molecular complexity index is 2120. The fourth-order valence-corrected chi connectivity index (χ4v) is 5.56. The van der Waals surface area contributed by atoms with Gasteiger partial charge in [0.25, 0.3) is 5.91 Å². The zero-order valence-corrected chi connectivity index (χ0v) is 30.0. The van der Waals surface area contributed by atoms with E-state index in [1.165, 1.54) is 0 Å². The molecule has 1 fully saturated rings. The van der Waals surface area contributed by atoms with Gasteiger partial charge in [-0.15, -0.1) is 0 Å². The number of pyridine rings is 1. The first-order chi connectivity index (χ1) is 26.8. The highest BCUT2D eigenvalue weighted by atomic mass is 35.5. The summed E-state index contributed by atoms with van der Waals surface area (Å²) in [4.78, 5) is 58.8. The molecule has 2 aromatic carbocycles. The number of aliphatic carboxylic acids is 2. The number of carbonyl (C=O) groups is 4. The molecule has 2 aliphatic rings. The number of fused-ring (bicyclic) bond motifs is 6. The molecule has 0 radical (unpaired) electrons. The maximum Gasteiger partial charge on any atom is 0.490 e. The number of hydrogen-bond acceptors (Lipinski definition) is 10. The number of aryl methyl sites for hydroxylation is 2. The predicted octanol–water partition coefficient (Wildman–Crippen LogP) is 7.13. The average molecular weight is 821 g/mol. The second-order valence-electron chi connectivity index (χ2n) is 12.4. The van der Waals surface area contributed by atoms with Gasteiger partial charge in [0, 0.05) is 42.6 Å². The number of piperidine rings is 1. The Kier molecular flexibility index (Phi) is 14.3. The van der Waals surface area contributed by atoms with Gasteiger partial charge in [-0.1, -0.05) is 11.6 Å². The number of nitriles is 1. The van der Waals surface area contributed by atoms with Crippen LogP contribution in [0.5, 0.6) is 0 Å². The fourth-order valence-electron chi connectivity index (χ4n) is 5.43. The lowest BCUT2D eigenvalue weighted by molar-refractivity contribution is -0.193. The number of hydrogen-bond donors (Lipinski definition) is 5. The van der Waals surface area contributed by atoms with Gasteiger partial charge in [-0.2, -0.15) is 36.6 Å². The van der Waals surface area contributed by atoms with Crippen LogP contribution in [0, 0.1) is 17.2 Å². The van der Waals surface area contributed by atoms with E-state index in [1.807, 2.05) is 35.4 Å². The largest absolute Gasteiger partial charge is 0.490 e. The second kappa shape index (κ2) is 18.9. The molecule has 1 saturated heterocycles. The maximum atomic E-state index is 13.2. The van der Waals surface area contributed by atoms with Gasteiger partial charge in [0.05, 0.1) is 29.7 Å². The number of rotatable bonds is 4. The third kappa shape index (κ3) is 13.1. The van der Waals surface area contributed by atoms with Gasteiger partial charge in [-0.3, -0.25) is 14.6 Å². The van der Waals surface area contributed by atoms with E-state index in [0.717, 1.165) is 47.5 Å². The smallest absolute Gasteiger partial charge is 0.475 e. The van der Waals surface area contributed by atoms with Gasteiger partial charge in [-0.25, -0.2) is 14.6 Å². The van der Waals surface area contributed by atoms with E-state index < -0.39 is 24.3 Å². The number of alkyl halides is 6. The van der Waals surface area contributed by atoms with E-state index in [9.17, 15) is 35.9 Å². The van der Waals surface area contributed by atoms with Crippen molar-refractivity contribution in [2.24, 2.45) is 5.92 Å². The van der Waals surface area contributed by atoms with Crippen molar-refractivity contribution >= 4 is 64.2 Å². The highest BCUT2D eigenvalue weighted by Crippen LogP contribution is 2.30. The van der Waals surface area contributed by atoms with Crippen LogP contribution in [0.15, 0.2) is 67.1 Å². The zero-order valence-electron chi connectivity index (χ0n) is 29.3. The molecule has 57 heavy (non-hydrogen) atoms.